The molecule has 100 valence electrons. The molecule has 0 atom stereocenters. The number of aliphatic carboxylic acids is 1. The Balaban J connectivity index is 2.83. The van der Waals surface area contributed by atoms with Gasteiger partial charge in [0.15, 0.2) is 5.43 Å². The van der Waals surface area contributed by atoms with E-state index in [4.69, 9.17) is 14.6 Å². The van der Waals surface area contributed by atoms with Crippen molar-refractivity contribution in [3.63, 3.8) is 0 Å². The molecule has 1 heterocycles. The lowest BCUT2D eigenvalue weighted by Gasteiger charge is -2.13. The van der Waals surface area contributed by atoms with Crippen molar-refractivity contribution in [1.82, 2.24) is 4.57 Å². The van der Waals surface area contributed by atoms with E-state index in [1.165, 1.54) is 31.0 Å². The molecule has 1 N–H and O–H groups in total. The molecule has 0 unspecified atom stereocenters. The van der Waals surface area contributed by atoms with Crippen molar-refractivity contribution in [3.05, 3.63) is 34.6 Å². The van der Waals surface area contributed by atoms with Gasteiger partial charge in [-0.05, 0) is 6.07 Å². The zero-order chi connectivity index (χ0) is 14.0. The number of pyridine rings is 1. The molecular formula is C13H13NO5. The van der Waals surface area contributed by atoms with Crippen molar-refractivity contribution in [2.24, 2.45) is 0 Å². The van der Waals surface area contributed by atoms with Crippen LogP contribution in [0.2, 0.25) is 0 Å². The van der Waals surface area contributed by atoms with Gasteiger partial charge in [0.1, 0.15) is 18.0 Å². The summed E-state index contributed by atoms with van der Waals surface area (Å²) in [5.41, 5.74) is 0.229. The maximum Gasteiger partial charge on any atom is 0.323 e. The van der Waals surface area contributed by atoms with Gasteiger partial charge in [0.2, 0.25) is 0 Å². The maximum absolute atomic E-state index is 11.9. The summed E-state index contributed by atoms with van der Waals surface area (Å²) < 4.78 is 11.8. The maximum atomic E-state index is 11.9. The third-order valence-corrected chi connectivity index (χ3v) is 2.77. The number of benzene rings is 1. The second kappa shape index (κ2) is 5.01. The second-order valence-electron chi connectivity index (χ2n) is 3.93. The smallest absolute Gasteiger partial charge is 0.323 e. The van der Waals surface area contributed by atoms with E-state index in [0.717, 1.165) is 0 Å². The Kier molecular flexibility index (Phi) is 3.41. The molecule has 0 aliphatic carbocycles. The minimum absolute atomic E-state index is 0.214. The van der Waals surface area contributed by atoms with E-state index in [9.17, 15) is 9.59 Å². The summed E-state index contributed by atoms with van der Waals surface area (Å²) in [6, 6.07) is 4.50. The Morgan fingerprint density at radius 3 is 2.63 bits per heavy atom. The first-order chi connectivity index (χ1) is 9.06. The number of ether oxygens (including phenoxy) is 2. The van der Waals surface area contributed by atoms with Gasteiger partial charge in [-0.15, -0.1) is 0 Å². The number of hydrogen-bond donors (Lipinski definition) is 1. The molecule has 0 radical (unpaired) electrons. The Morgan fingerprint density at radius 2 is 2.05 bits per heavy atom. The fraction of sp³-hybridized carbons (Fsp3) is 0.231. The van der Waals surface area contributed by atoms with E-state index < -0.39 is 5.97 Å². The first kappa shape index (κ1) is 12.9. The highest BCUT2D eigenvalue weighted by atomic mass is 16.5. The van der Waals surface area contributed by atoms with E-state index in [0.29, 0.717) is 22.4 Å². The number of carboxylic acids is 1. The fourth-order valence-corrected chi connectivity index (χ4v) is 1.94. The van der Waals surface area contributed by atoms with Gasteiger partial charge < -0.3 is 19.1 Å². The van der Waals surface area contributed by atoms with Gasteiger partial charge in [0.25, 0.3) is 0 Å². The SMILES string of the molecule is COc1cc(OC)c2c(c1)c(=O)ccn2CC(=O)O. The molecule has 6 heteroatoms. The molecule has 2 rings (SSSR count). The second-order valence-corrected chi connectivity index (χ2v) is 3.93. The molecular weight excluding hydrogens is 250 g/mol. The summed E-state index contributed by atoms with van der Waals surface area (Å²) >= 11 is 0. The van der Waals surface area contributed by atoms with Crippen molar-refractivity contribution < 1.29 is 19.4 Å². The number of fused-ring (bicyclic) bond motifs is 1. The largest absolute Gasteiger partial charge is 0.497 e. The Hall–Kier alpha value is -2.50. The van der Waals surface area contributed by atoms with Crippen LogP contribution in [0.15, 0.2) is 29.2 Å². The van der Waals surface area contributed by atoms with Crippen LogP contribution in [-0.2, 0) is 11.3 Å². The lowest BCUT2D eigenvalue weighted by molar-refractivity contribution is -0.137. The van der Waals surface area contributed by atoms with E-state index in [1.54, 1.807) is 12.1 Å². The monoisotopic (exact) mass is 263 g/mol. The quantitative estimate of drug-likeness (QED) is 0.893. The Bertz CT molecular complexity index is 689. The molecule has 0 fully saturated rings. The molecule has 0 saturated carbocycles. The van der Waals surface area contributed by atoms with Crippen LogP contribution in [0.4, 0.5) is 0 Å². The van der Waals surface area contributed by atoms with Gasteiger partial charge >= 0.3 is 5.97 Å². The molecule has 1 aromatic carbocycles. The van der Waals surface area contributed by atoms with Gasteiger partial charge in [-0.25, -0.2) is 0 Å². The number of rotatable bonds is 4. The van der Waals surface area contributed by atoms with Gasteiger partial charge in [0.05, 0.1) is 25.1 Å². The summed E-state index contributed by atoms with van der Waals surface area (Å²) in [5.74, 6) is -0.120. The highest BCUT2D eigenvalue weighted by molar-refractivity contribution is 5.87. The topological polar surface area (TPSA) is 77.8 Å². The number of carboxylic acid groups (broad SMARTS) is 1. The van der Waals surface area contributed by atoms with E-state index in [2.05, 4.69) is 0 Å². The molecule has 0 amide bonds. The standard InChI is InChI=1S/C13H13NO5/c1-18-8-5-9-10(15)3-4-14(7-12(16)17)13(9)11(6-8)19-2/h3-6H,7H2,1-2H3,(H,16,17). The minimum Gasteiger partial charge on any atom is -0.497 e. The molecule has 2 aromatic rings. The van der Waals surface area contributed by atoms with Crippen molar-refractivity contribution in [1.29, 1.82) is 0 Å². The molecule has 0 aliphatic heterocycles. The van der Waals surface area contributed by atoms with Crippen LogP contribution in [0.3, 0.4) is 0 Å². The van der Waals surface area contributed by atoms with Crippen LogP contribution in [0, 0.1) is 0 Å². The number of methoxy groups -OCH3 is 2. The molecule has 1 aromatic heterocycles. The normalized spacial score (nSPS) is 10.4. The predicted molar refractivity (Wildman–Crippen MR) is 68.9 cm³/mol. The zero-order valence-electron chi connectivity index (χ0n) is 10.5. The molecule has 0 saturated heterocycles. The summed E-state index contributed by atoms with van der Waals surface area (Å²) in [7, 11) is 2.94. The van der Waals surface area contributed by atoms with Crippen molar-refractivity contribution in [2.75, 3.05) is 14.2 Å². The Morgan fingerprint density at radius 1 is 1.32 bits per heavy atom. The average Bonchev–Trinajstić information content (AvgIpc) is 2.40. The third-order valence-electron chi connectivity index (χ3n) is 2.77. The Labute approximate surface area is 108 Å². The lowest BCUT2D eigenvalue weighted by atomic mass is 10.1. The molecule has 0 spiro atoms. The van der Waals surface area contributed by atoms with E-state index in [1.807, 2.05) is 0 Å². The van der Waals surface area contributed by atoms with Crippen molar-refractivity contribution in [3.8, 4) is 11.5 Å². The van der Waals surface area contributed by atoms with Crippen LogP contribution in [-0.4, -0.2) is 29.9 Å². The van der Waals surface area contributed by atoms with Crippen molar-refractivity contribution >= 4 is 16.9 Å². The highest BCUT2D eigenvalue weighted by Gasteiger charge is 2.13. The lowest BCUT2D eigenvalue weighted by Crippen LogP contribution is -2.14. The van der Waals surface area contributed by atoms with Gasteiger partial charge in [-0.3, -0.25) is 9.59 Å². The summed E-state index contributed by atoms with van der Waals surface area (Å²) in [6.45, 7) is -0.251. The van der Waals surface area contributed by atoms with E-state index in [-0.39, 0.29) is 12.0 Å². The summed E-state index contributed by atoms with van der Waals surface area (Å²) in [4.78, 5) is 22.7. The van der Waals surface area contributed by atoms with Crippen LogP contribution in [0.5, 0.6) is 11.5 Å². The average molecular weight is 263 g/mol. The predicted octanol–water partition coefficient (Wildman–Crippen LogP) is 1.10. The van der Waals surface area contributed by atoms with Gasteiger partial charge in [0, 0.05) is 18.3 Å². The number of aromatic nitrogens is 1. The highest BCUT2D eigenvalue weighted by Crippen LogP contribution is 2.29. The van der Waals surface area contributed by atoms with Crippen LogP contribution in [0.25, 0.3) is 10.9 Å². The first-order valence-electron chi connectivity index (χ1n) is 5.53. The summed E-state index contributed by atoms with van der Waals surface area (Å²) in [5, 5.41) is 9.26. The minimum atomic E-state index is -0.997. The molecule has 0 bridgehead atoms. The molecule has 6 nitrogen and oxygen atoms in total. The van der Waals surface area contributed by atoms with Crippen LogP contribution < -0.4 is 14.9 Å². The number of hydrogen-bond acceptors (Lipinski definition) is 4. The van der Waals surface area contributed by atoms with Crippen LogP contribution in [0.1, 0.15) is 0 Å². The fourth-order valence-electron chi connectivity index (χ4n) is 1.94. The van der Waals surface area contributed by atoms with Gasteiger partial charge in [-0.2, -0.15) is 0 Å². The molecule has 0 aliphatic rings. The number of nitrogens with zero attached hydrogens (tertiary/aromatic N) is 1. The van der Waals surface area contributed by atoms with E-state index >= 15 is 0 Å². The van der Waals surface area contributed by atoms with Crippen LogP contribution >= 0.6 is 0 Å². The number of carbonyl (C=O) groups is 1. The third kappa shape index (κ3) is 2.37. The zero-order valence-corrected chi connectivity index (χ0v) is 10.5. The molecule has 19 heavy (non-hydrogen) atoms. The van der Waals surface area contributed by atoms with Crippen molar-refractivity contribution in [2.45, 2.75) is 6.54 Å². The first-order valence-corrected chi connectivity index (χ1v) is 5.53. The van der Waals surface area contributed by atoms with Gasteiger partial charge in [-0.1, -0.05) is 0 Å². The summed E-state index contributed by atoms with van der Waals surface area (Å²) in [6.07, 6.45) is 1.44.